The Kier molecular flexibility index (Phi) is 6.79. The standard InChI is InChI=1S/C21H25FN4O4S/c22-15-11-26(8-5-18(15)27)21-25-17(12-31-21)20(29)24-16-4-2-1-3-14(16)19(28)23-13-6-9-30-10-7-13/h1-4,12-13,15,18,27H,5-11H2,(H,23,28)(H,24,29). The zero-order valence-corrected chi connectivity index (χ0v) is 17.7. The van der Waals surface area contributed by atoms with E-state index in [2.05, 4.69) is 15.6 Å². The summed E-state index contributed by atoms with van der Waals surface area (Å²) in [5.74, 6) is -0.690. The molecule has 0 saturated carbocycles. The number of nitrogens with zero attached hydrogens (tertiary/aromatic N) is 2. The molecular formula is C21H25FN4O4S. The van der Waals surface area contributed by atoms with Crippen LogP contribution in [0.5, 0.6) is 0 Å². The van der Waals surface area contributed by atoms with Crippen molar-refractivity contribution in [3.05, 3.63) is 40.9 Å². The van der Waals surface area contributed by atoms with E-state index in [1.165, 1.54) is 11.3 Å². The van der Waals surface area contributed by atoms with Gasteiger partial charge >= 0.3 is 0 Å². The molecule has 0 aliphatic carbocycles. The van der Waals surface area contributed by atoms with Gasteiger partial charge in [-0.2, -0.15) is 0 Å². The fourth-order valence-electron chi connectivity index (χ4n) is 3.66. The van der Waals surface area contributed by atoms with Gasteiger partial charge < -0.3 is 25.4 Å². The summed E-state index contributed by atoms with van der Waals surface area (Å²) in [6.07, 6.45) is -0.457. The van der Waals surface area contributed by atoms with E-state index < -0.39 is 18.2 Å². The van der Waals surface area contributed by atoms with Crippen LogP contribution in [0.1, 0.15) is 40.1 Å². The van der Waals surface area contributed by atoms with Crippen molar-refractivity contribution in [2.24, 2.45) is 0 Å². The van der Waals surface area contributed by atoms with Crippen LogP contribution in [-0.4, -0.2) is 66.5 Å². The van der Waals surface area contributed by atoms with E-state index in [0.29, 0.717) is 42.6 Å². The average Bonchev–Trinajstić information content (AvgIpc) is 3.27. The minimum atomic E-state index is -1.34. The molecule has 0 radical (unpaired) electrons. The number of aromatic nitrogens is 1. The molecule has 1 aromatic heterocycles. The first-order valence-electron chi connectivity index (χ1n) is 10.3. The van der Waals surface area contributed by atoms with Gasteiger partial charge in [0, 0.05) is 31.2 Å². The van der Waals surface area contributed by atoms with Crippen LogP contribution in [0.25, 0.3) is 0 Å². The maximum Gasteiger partial charge on any atom is 0.275 e. The molecule has 2 aliphatic rings. The highest BCUT2D eigenvalue weighted by molar-refractivity contribution is 7.14. The molecule has 10 heteroatoms. The molecule has 2 fully saturated rings. The fraction of sp³-hybridized carbons (Fsp3) is 0.476. The third-order valence-corrected chi connectivity index (χ3v) is 6.38. The maximum absolute atomic E-state index is 13.8. The molecule has 2 amide bonds. The van der Waals surface area contributed by atoms with Gasteiger partial charge in [-0.05, 0) is 31.4 Å². The molecule has 8 nitrogen and oxygen atoms in total. The maximum atomic E-state index is 13.8. The summed E-state index contributed by atoms with van der Waals surface area (Å²) < 4.78 is 19.1. The number of ether oxygens (including phenoxy) is 1. The first-order chi connectivity index (χ1) is 15.0. The van der Waals surface area contributed by atoms with E-state index in [0.717, 1.165) is 12.8 Å². The number of carbonyl (C=O) groups is 2. The second-order valence-corrected chi connectivity index (χ2v) is 8.53. The van der Waals surface area contributed by atoms with Crippen LogP contribution in [0.4, 0.5) is 15.2 Å². The van der Waals surface area contributed by atoms with Crippen molar-refractivity contribution >= 4 is 34.0 Å². The van der Waals surface area contributed by atoms with Crippen LogP contribution >= 0.6 is 11.3 Å². The third kappa shape index (κ3) is 5.20. The Hall–Kier alpha value is -2.56. The highest BCUT2D eigenvalue weighted by Gasteiger charge is 2.29. The minimum absolute atomic E-state index is 0.0466. The largest absolute Gasteiger partial charge is 0.390 e. The minimum Gasteiger partial charge on any atom is -0.390 e. The topological polar surface area (TPSA) is 104 Å². The number of amides is 2. The smallest absolute Gasteiger partial charge is 0.275 e. The molecule has 2 saturated heterocycles. The highest BCUT2D eigenvalue weighted by atomic mass is 32.1. The quantitative estimate of drug-likeness (QED) is 0.648. The Morgan fingerprint density at radius 3 is 2.74 bits per heavy atom. The molecule has 0 bridgehead atoms. The van der Waals surface area contributed by atoms with Crippen LogP contribution in [0.3, 0.4) is 0 Å². The molecule has 2 atom stereocenters. The van der Waals surface area contributed by atoms with Gasteiger partial charge in [-0.1, -0.05) is 12.1 Å². The van der Waals surface area contributed by atoms with Crippen LogP contribution in [0.2, 0.25) is 0 Å². The summed E-state index contributed by atoms with van der Waals surface area (Å²) >= 11 is 1.25. The summed E-state index contributed by atoms with van der Waals surface area (Å²) in [5, 5.41) is 17.5. The molecule has 0 spiro atoms. The lowest BCUT2D eigenvalue weighted by Crippen LogP contribution is -2.44. The SMILES string of the molecule is O=C(Nc1ccccc1C(=O)NC1CCOCC1)c1csc(N2CCC(O)C(F)C2)n1. The number of carbonyl (C=O) groups excluding carboxylic acids is 2. The Morgan fingerprint density at radius 1 is 1.19 bits per heavy atom. The van der Waals surface area contributed by atoms with Gasteiger partial charge in [-0.3, -0.25) is 9.59 Å². The number of thiazole rings is 1. The highest BCUT2D eigenvalue weighted by Crippen LogP contribution is 2.26. The number of aliphatic hydroxyl groups excluding tert-OH is 1. The molecule has 3 N–H and O–H groups in total. The first-order valence-corrected chi connectivity index (χ1v) is 11.2. The Bertz CT molecular complexity index is 934. The molecule has 2 aliphatic heterocycles. The second-order valence-electron chi connectivity index (χ2n) is 7.69. The van der Waals surface area contributed by atoms with E-state index >= 15 is 0 Å². The van der Waals surface area contributed by atoms with Gasteiger partial charge in [0.25, 0.3) is 11.8 Å². The van der Waals surface area contributed by atoms with Crippen LogP contribution in [-0.2, 0) is 4.74 Å². The van der Waals surface area contributed by atoms with Gasteiger partial charge in [-0.15, -0.1) is 11.3 Å². The van der Waals surface area contributed by atoms with Crippen molar-refractivity contribution in [3.8, 4) is 0 Å². The van der Waals surface area contributed by atoms with Gasteiger partial charge in [0.2, 0.25) is 0 Å². The first kappa shape index (κ1) is 21.7. The molecule has 31 heavy (non-hydrogen) atoms. The Balaban J connectivity index is 1.42. The number of benzene rings is 1. The molecular weight excluding hydrogens is 423 g/mol. The van der Waals surface area contributed by atoms with Crippen molar-refractivity contribution in [1.82, 2.24) is 10.3 Å². The number of anilines is 2. The molecule has 4 rings (SSSR count). The average molecular weight is 449 g/mol. The predicted octanol–water partition coefficient (Wildman–Crippen LogP) is 2.21. The number of halogens is 1. The number of piperidine rings is 1. The summed E-state index contributed by atoms with van der Waals surface area (Å²) in [5.41, 5.74) is 0.973. The van der Waals surface area contributed by atoms with E-state index in [9.17, 15) is 19.1 Å². The normalized spacial score (nSPS) is 22.2. The Morgan fingerprint density at radius 2 is 1.97 bits per heavy atom. The lowest BCUT2D eigenvalue weighted by Gasteiger charge is -2.31. The summed E-state index contributed by atoms with van der Waals surface area (Å²) in [6, 6.07) is 6.87. The van der Waals surface area contributed by atoms with Crippen molar-refractivity contribution in [1.29, 1.82) is 0 Å². The van der Waals surface area contributed by atoms with E-state index in [1.807, 2.05) is 0 Å². The van der Waals surface area contributed by atoms with Gasteiger partial charge in [-0.25, -0.2) is 9.37 Å². The number of alkyl halides is 1. The number of para-hydroxylation sites is 1. The number of hydrogen-bond donors (Lipinski definition) is 3. The number of nitrogens with one attached hydrogen (secondary N) is 2. The van der Waals surface area contributed by atoms with Crippen LogP contribution in [0, 0.1) is 0 Å². The summed E-state index contributed by atoms with van der Waals surface area (Å²) in [4.78, 5) is 31.5. The lowest BCUT2D eigenvalue weighted by molar-refractivity contribution is 0.0615. The molecule has 2 aromatic rings. The van der Waals surface area contributed by atoms with E-state index in [1.54, 1.807) is 34.5 Å². The Labute approximate surface area is 183 Å². The monoisotopic (exact) mass is 448 g/mol. The van der Waals surface area contributed by atoms with Gasteiger partial charge in [0.15, 0.2) is 5.13 Å². The summed E-state index contributed by atoms with van der Waals surface area (Å²) in [6.45, 7) is 1.76. The van der Waals surface area contributed by atoms with Crippen molar-refractivity contribution in [3.63, 3.8) is 0 Å². The van der Waals surface area contributed by atoms with Crippen molar-refractivity contribution < 1.29 is 23.8 Å². The van der Waals surface area contributed by atoms with E-state index in [-0.39, 0.29) is 24.2 Å². The number of rotatable bonds is 5. The molecule has 2 unspecified atom stereocenters. The molecule has 166 valence electrons. The van der Waals surface area contributed by atoms with Crippen LogP contribution in [0.15, 0.2) is 29.6 Å². The number of aliphatic hydroxyl groups is 1. The van der Waals surface area contributed by atoms with Crippen molar-refractivity contribution in [2.45, 2.75) is 37.6 Å². The second kappa shape index (κ2) is 9.71. The molecule has 3 heterocycles. The predicted molar refractivity (Wildman–Crippen MR) is 116 cm³/mol. The molecule has 1 aromatic carbocycles. The van der Waals surface area contributed by atoms with Gasteiger partial charge in [0.1, 0.15) is 11.9 Å². The van der Waals surface area contributed by atoms with Crippen molar-refractivity contribution in [2.75, 3.05) is 36.5 Å². The number of hydrogen-bond acceptors (Lipinski definition) is 7. The zero-order chi connectivity index (χ0) is 21.8. The third-order valence-electron chi connectivity index (χ3n) is 5.48. The fourth-order valence-corrected chi connectivity index (χ4v) is 4.50. The van der Waals surface area contributed by atoms with Gasteiger partial charge in [0.05, 0.1) is 23.9 Å². The zero-order valence-electron chi connectivity index (χ0n) is 16.9. The van der Waals surface area contributed by atoms with E-state index in [4.69, 9.17) is 4.74 Å². The summed E-state index contributed by atoms with van der Waals surface area (Å²) in [7, 11) is 0. The van der Waals surface area contributed by atoms with Crippen LogP contribution < -0.4 is 15.5 Å². The lowest BCUT2D eigenvalue weighted by atomic mass is 10.1.